The highest BCUT2D eigenvalue weighted by Gasteiger charge is 2.32. The fourth-order valence-corrected chi connectivity index (χ4v) is 2.49. The van der Waals surface area contributed by atoms with Crippen LogP contribution in [0.5, 0.6) is 0 Å². The van der Waals surface area contributed by atoms with Gasteiger partial charge < -0.3 is 15.1 Å². The van der Waals surface area contributed by atoms with E-state index in [2.05, 4.69) is 5.32 Å². The van der Waals surface area contributed by atoms with E-state index < -0.39 is 0 Å². The molecule has 19 heavy (non-hydrogen) atoms. The molecule has 0 aromatic heterocycles. The molecule has 0 radical (unpaired) electrons. The Morgan fingerprint density at radius 2 is 2.11 bits per heavy atom. The molecule has 0 aromatic rings. The number of likely N-dealkylation sites (N-methyl/N-ethyl adjacent to an activating group) is 2. The summed E-state index contributed by atoms with van der Waals surface area (Å²) in [4.78, 5) is 28.1. The van der Waals surface area contributed by atoms with Crippen molar-refractivity contribution in [3.63, 3.8) is 0 Å². The molecule has 5 nitrogen and oxygen atoms in total. The molecule has 1 aliphatic rings. The van der Waals surface area contributed by atoms with Crippen LogP contribution < -0.4 is 5.32 Å². The van der Waals surface area contributed by atoms with Crippen molar-refractivity contribution in [3.8, 4) is 0 Å². The van der Waals surface area contributed by atoms with Crippen LogP contribution in [-0.2, 0) is 9.59 Å². The molecule has 1 heterocycles. The van der Waals surface area contributed by atoms with Gasteiger partial charge in [0.2, 0.25) is 11.8 Å². The molecule has 1 atom stereocenters. The smallest absolute Gasteiger partial charge is 0.245 e. The van der Waals surface area contributed by atoms with E-state index in [0.717, 1.165) is 38.8 Å². The highest BCUT2D eigenvalue weighted by molar-refractivity contribution is 5.87. The van der Waals surface area contributed by atoms with E-state index in [0.29, 0.717) is 13.0 Å². The quantitative estimate of drug-likeness (QED) is 0.777. The Labute approximate surface area is 116 Å². The Morgan fingerprint density at radius 1 is 1.37 bits per heavy atom. The minimum atomic E-state index is -0.241. The van der Waals surface area contributed by atoms with Crippen LogP contribution in [-0.4, -0.2) is 61.4 Å². The summed E-state index contributed by atoms with van der Waals surface area (Å²) in [5.74, 6) is 0.210. The molecule has 5 heteroatoms. The van der Waals surface area contributed by atoms with E-state index >= 15 is 0 Å². The summed E-state index contributed by atoms with van der Waals surface area (Å²) in [7, 11) is 3.69. The second-order valence-electron chi connectivity index (χ2n) is 5.21. The number of carbonyl (C=O) groups excluding carboxylic acids is 2. The maximum atomic E-state index is 12.4. The molecule has 0 bridgehead atoms. The monoisotopic (exact) mass is 269 g/mol. The molecule has 0 spiro atoms. The predicted molar refractivity (Wildman–Crippen MR) is 75.8 cm³/mol. The second kappa shape index (κ2) is 8.15. The van der Waals surface area contributed by atoms with Gasteiger partial charge in [0, 0.05) is 33.1 Å². The first-order chi connectivity index (χ1) is 9.11. The van der Waals surface area contributed by atoms with Crippen LogP contribution in [0.2, 0.25) is 0 Å². The van der Waals surface area contributed by atoms with Crippen molar-refractivity contribution in [2.45, 2.75) is 45.1 Å². The van der Waals surface area contributed by atoms with Gasteiger partial charge in [-0.25, -0.2) is 0 Å². The van der Waals surface area contributed by atoms with Crippen molar-refractivity contribution in [3.05, 3.63) is 0 Å². The van der Waals surface area contributed by atoms with E-state index in [1.165, 1.54) is 0 Å². The third-order valence-electron chi connectivity index (χ3n) is 3.65. The lowest BCUT2D eigenvalue weighted by molar-refractivity contribution is -0.146. The first-order valence-corrected chi connectivity index (χ1v) is 7.30. The minimum absolute atomic E-state index is 0.0828. The fraction of sp³-hybridized carbons (Fsp3) is 0.857. The molecule has 1 unspecified atom stereocenters. The van der Waals surface area contributed by atoms with Gasteiger partial charge in [0.1, 0.15) is 6.04 Å². The molecule has 2 amide bonds. The SMILES string of the molecule is CCCC(=O)N1CCCCC1C(=O)N(C)CCNC. The van der Waals surface area contributed by atoms with Crippen molar-refractivity contribution in [1.82, 2.24) is 15.1 Å². The first-order valence-electron chi connectivity index (χ1n) is 7.30. The molecule has 0 saturated carbocycles. The Morgan fingerprint density at radius 3 is 2.74 bits per heavy atom. The zero-order chi connectivity index (χ0) is 14.3. The van der Waals surface area contributed by atoms with Gasteiger partial charge in [-0.2, -0.15) is 0 Å². The van der Waals surface area contributed by atoms with Gasteiger partial charge in [-0.15, -0.1) is 0 Å². The summed E-state index contributed by atoms with van der Waals surface area (Å²) >= 11 is 0. The molecular formula is C14H27N3O2. The molecule has 0 aliphatic carbocycles. The number of amides is 2. The number of rotatable bonds is 6. The molecule has 1 N–H and O–H groups in total. The largest absolute Gasteiger partial charge is 0.343 e. The number of nitrogens with one attached hydrogen (secondary N) is 1. The standard InChI is InChI=1S/C14H27N3O2/c1-4-7-13(18)17-10-6-5-8-12(17)14(19)16(3)11-9-15-2/h12,15H,4-11H2,1-3H3. The average molecular weight is 269 g/mol. The van der Waals surface area contributed by atoms with Gasteiger partial charge in [-0.3, -0.25) is 9.59 Å². The van der Waals surface area contributed by atoms with E-state index in [1.807, 2.05) is 21.0 Å². The summed E-state index contributed by atoms with van der Waals surface area (Å²) < 4.78 is 0. The number of nitrogens with zero attached hydrogens (tertiary/aromatic N) is 2. The maximum Gasteiger partial charge on any atom is 0.245 e. The zero-order valence-corrected chi connectivity index (χ0v) is 12.4. The lowest BCUT2D eigenvalue weighted by atomic mass is 10.00. The van der Waals surface area contributed by atoms with E-state index in [-0.39, 0.29) is 17.9 Å². The van der Waals surface area contributed by atoms with Crippen LogP contribution in [0.25, 0.3) is 0 Å². The normalized spacial score (nSPS) is 19.3. The van der Waals surface area contributed by atoms with Crippen molar-refractivity contribution in [2.24, 2.45) is 0 Å². The second-order valence-corrected chi connectivity index (χ2v) is 5.21. The highest BCUT2D eigenvalue weighted by atomic mass is 16.2. The molecule has 1 fully saturated rings. The molecular weight excluding hydrogens is 242 g/mol. The molecule has 110 valence electrons. The van der Waals surface area contributed by atoms with Gasteiger partial charge in [0.05, 0.1) is 0 Å². The molecule has 1 saturated heterocycles. The number of hydrogen-bond acceptors (Lipinski definition) is 3. The Bertz CT molecular complexity index is 307. The van der Waals surface area contributed by atoms with Crippen molar-refractivity contribution >= 4 is 11.8 Å². The average Bonchev–Trinajstić information content (AvgIpc) is 2.44. The Kier molecular flexibility index (Phi) is 6.84. The summed E-state index contributed by atoms with van der Waals surface area (Å²) in [5, 5.41) is 3.04. The first kappa shape index (κ1) is 16.0. The van der Waals surface area contributed by atoms with Gasteiger partial charge in [0.25, 0.3) is 0 Å². The lowest BCUT2D eigenvalue weighted by Gasteiger charge is -2.37. The van der Waals surface area contributed by atoms with Crippen LogP contribution in [0.3, 0.4) is 0 Å². The van der Waals surface area contributed by atoms with Crippen molar-refractivity contribution in [2.75, 3.05) is 33.7 Å². The topological polar surface area (TPSA) is 52.7 Å². The van der Waals surface area contributed by atoms with Gasteiger partial charge in [0.15, 0.2) is 0 Å². The van der Waals surface area contributed by atoms with Gasteiger partial charge in [-0.05, 0) is 32.7 Å². The van der Waals surface area contributed by atoms with Crippen molar-refractivity contribution in [1.29, 1.82) is 0 Å². The third-order valence-corrected chi connectivity index (χ3v) is 3.65. The number of carbonyl (C=O) groups is 2. The van der Waals surface area contributed by atoms with Gasteiger partial charge in [-0.1, -0.05) is 6.92 Å². The predicted octanol–water partition coefficient (Wildman–Crippen LogP) is 0.845. The summed E-state index contributed by atoms with van der Waals surface area (Å²) in [6, 6.07) is -0.241. The van der Waals surface area contributed by atoms with E-state index in [1.54, 1.807) is 9.80 Å². The van der Waals surface area contributed by atoms with E-state index in [9.17, 15) is 9.59 Å². The summed E-state index contributed by atoms with van der Waals surface area (Å²) in [6.45, 7) is 4.19. The van der Waals surface area contributed by atoms with Crippen LogP contribution in [0, 0.1) is 0 Å². The van der Waals surface area contributed by atoms with Crippen LogP contribution >= 0.6 is 0 Å². The zero-order valence-electron chi connectivity index (χ0n) is 12.4. The van der Waals surface area contributed by atoms with Crippen LogP contribution in [0.1, 0.15) is 39.0 Å². The fourth-order valence-electron chi connectivity index (χ4n) is 2.49. The molecule has 1 rings (SSSR count). The Balaban J connectivity index is 2.65. The van der Waals surface area contributed by atoms with Crippen molar-refractivity contribution < 1.29 is 9.59 Å². The number of likely N-dealkylation sites (tertiary alicyclic amines) is 1. The van der Waals surface area contributed by atoms with Crippen LogP contribution in [0.15, 0.2) is 0 Å². The molecule has 1 aliphatic heterocycles. The highest BCUT2D eigenvalue weighted by Crippen LogP contribution is 2.20. The number of piperidine rings is 1. The molecule has 0 aromatic carbocycles. The van der Waals surface area contributed by atoms with Gasteiger partial charge >= 0.3 is 0 Å². The van der Waals surface area contributed by atoms with E-state index in [4.69, 9.17) is 0 Å². The summed E-state index contributed by atoms with van der Waals surface area (Å²) in [6.07, 6.45) is 4.24. The van der Waals surface area contributed by atoms with Crippen LogP contribution in [0.4, 0.5) is 0 Å². The maximum absolute atomic E-state index is 12.4. The Hall–Kier alpha value is -1.10. The lowest BCUT2D eigenvalue weighted by Crippen LogP contribution is -2.52. The minimum Gasteiger partial charge on any atom is -0.343 e. The third kappa shape index (κ3) is 4.49. The number of hydrogen-bond donors (Lipinski definition) is 1. The summed E-state index contributed by atoms with van der Waals surface area (Å²) in [5.41, 5.74) is 0.